The smallest absolute Gasteiger partial charge is 0.258 e. The van der Waals surface area contributed by atoms with Crippen molar-refractivity contribution in [1.29, 1.82) is 0 Å². The average molecular weight is 491 g/mol. The molecule has 0 amide bonds. The predicted octanol–water partition coefficient (Wildman–Crippen LogP) is 8.28. The Morgan fingerprint density at radius 1 is 0.526 bits per heavy atom. The second kappa shape index (κ2) is 8.60. The van der Waals surface area contributed by atoms with Crippen molar-refractivity contribution in [2.75, 3.05) is 0 Å². The first-order valence-corrected chi connectivity index (χ1v) is 12.9. The highest BCUT2D eigenvalue weighted by Gasteiger charge is 2.16. The molecule has 2 aromatic heterocycles. The summed E-state index contributed by atoms with van der Waals surface area (Å²) in [5, 5.41) is 4.15. The minimum atomic E-state index is 0.0272. The van der Waals surface area contributed by atoms with Crippen LogP contribution in [0.4, 0.5) is 0 Å². The number of aryl methyl sites for hydroxylation is 2. The zero-order valence-electron chi connectivity index (χ0n) is 21.3. The van der Waals surface area contributed by atoms with Gasteiger partial charge in [0.2, 0.25) is 0 Å². The molecule has 0 fully saturated rings. The molecule has 182 valence electrons. The van der Waals surface area contributed by atoms with E-state index in [0.717, 1.165) is 33.1 Å². The zero-order chi connectivity index (χ0) is 25.8. The van der Waals surface area contributed by atoms with Gasteiger partial charge in [-0.2, -0.15) is 0 Å². The lowest BCUT2D eigenvalue weighted by Crippen LogP contribution is -2.16. The standard InChI is InChI=1S/C35H26N2O/c1-23-22-36(2)35(38)29-16-15-28(21-30(23)29)37-33-17-13-26(24-9-5-3-6-10-24)19-31(33)32-20-27(14-18-34(32)37)25-11-7-4-8-12-25/h3-22H,1-2H3. The molecular formula is C35H26N2O. The number of fused-ring (bicyclic) bond motifs is 4. The summed E-state index contributed by atoms with van der Waals surface area (Å²) in [6, 6.07) is 40.7. The number of hydrogen-bond acceptors (Lipinski definition) is 1. The van der Waals surface area contributed by atoms with Crippen molar-refractivity contribution in [2.24, 2.45) is 7.05 Å². The van der Waals surface area contributed by atoms with Gasteiger partial charge in [0.05, 0.1) is 11.0 Å². The number of nitrogens with zero attached hydrogens (tertiary/aromatic N) is 2. The van der Waals surface area contributed by atoms with Gasteiger partial charge in [-0.05, 0) is 82.6 Å². The normalized spacial score (nSPS) is 11.5. The molecule has 0 aliphatic rings. The Hall–Kier alpha value is -4.89. The van der Waals surface area contributed by atoms with Crippen molar-refractivity contribution in [3.63, 3.8) is 0 Å². The van der Waals surface area contributed by atoms with Gasteiger partial charge in [-0.3, -0.25) is 4.79 Å². The van der Waals surface area contributed by atoms with Gasteiger partial charge < -0.3 is 9.13 Å². The van der Waals surface area contributed by atoms with Crippen LogP contribution < -0.4 is 5.56 Å². The van der Waals surface area contributed by atoms with E-state index in [1.807, 2.05) is 19.3 Å². The highest BCUT2D eigenvalue weighted by atomic mass is 16.1. The van der Waals surface area contributed by atoms with Crippen LogP contribution >= 0.6 is 0 Å². The fraction of sp³-hybridized carbons (Fsp3) is 0.0571. The molecule has 0 bridgehead atoms. The first-order valence-electron chi connectivity index (χ1n) is 12.9. The van der Waals surface area contributed by atoms with Gasteiger partial charge in [-0.15, -0.1) is 0 Å². The van der Waals surface area contributed by atoms with E-state index in [-0.39, 0.29) is 5.56 Å². The summed E-state index contributed by atoms with van der Waals surface area (Å²) in [6.07, 6.45) is 1.92. The summed E-state index contributed by atoms with van der Waals surface area (Å²) in [5.41, 5.74) is 9.24. The van der Waals surface area contributed by atoms with E-state index in [9.17, 15) is 4.79 Å². The first-order chi connectivity index (χ1) is 18.6. The predicted molar refractivity (Wildman–Crippen MR) is 159 cm³/mol. The molecule has 0 saturated heterocycles. The molecule has 0 saturated carbocycles. The maximum atomic E-state index is 12.8. The number of benzene rings is 5. The average Bonchev–Trinajstić information content (AvgIpc) is 3.29. The molecule has 0 aliphatic heterocycles. The Kier molecular flexibility index (Phi) is 5.05. The summed E-state index contributed by atoms with van der Waals surface area (Å²) in [7, 11) is 1.81. The molecule has 38 heavy (non-hydrogen) atoms. The summed E-state index contributed by atoms with van der Waals surface area (Å²) in [6.45, 7) is 2.07. The van der Waals surface area contributed by atoms with Crippen molar-refractivity contribution in [3.05, 3.63) is 137 Å². The lowest BCUT2D eigenvalue weighted by Gasteiger charge is -2.12. The quantitative estimate of drug-likeness (QED) is 0.245. The Balaban J connectivity index is 1.54. The van der Waals surface area contributed by atoms with Gasteiger partial charge in [-0.1, -0.05) is 72.8 Å². The van der Waals surface area contributed by atoms with Gasteiger partial charge in [0.1, 0.15) is 0 Å². The van der Waals surface area contributed by atoms with Gasteiger partial charge in [-0.25, -0.2) is 0 Å². The van der Waals surface area contributed by atoms with E-state index in [1.54, 1.807) is 4.57 Å². The van der Waals surface area contributed by atoms with Crippen LogP contribution in [0.25, 0.3) is 60.5 Å². The van der Waals surface area contributed by atoms with Crippen molar-refractivity contribution in [3.8, 4) is 27.9 Å². The van der Waals surface area contributed by atoms with E-state index >= 15 is 0 Å². The molecule has 5 aromatic carbocycles. The van der Waals surface area contributed by atoms with Gasteiger partial charge in [0.15, 0.2) is 0 Å². The fourth-order valence-corrected chi connectivity index (χ4v) is 5.71. The van der Waals surface area contributed by atoms with Crippen LogP contribution in [-0.2, 0) is 7.05 Å². The van der Waals surface area contributed by atoms with Gasteiger partial charge in [0, 0.05) is 35.1 Å². The van der Waals surface area contributed by atoms with Crippen LogP contribution in [0.1, 0.15) is 5.56 Å². The molecule has 7 aromatic rings. The third-order valence-corrected chi connectivity index (χ3v) is 7.60. The van der Waals surface area contributed by atoms with Gasteiger partial charge in [0.25, 0.3) is 5.56 Å². The number of aromatic nitrogens is 2. The number of pyridine rings is 1. The van der Waals surface area contributed by atoms with Crippen molar-refractivity contribution < 1.29 is 0 Å². The van der Waals surface area contributed by atoms with Crippen LogP contribution in [0, 0.1) is 6.92 Å². The zero-order valence-corrected chi connectivity index (χ0v) is 21.3. The summed E-state index contributed by atoms with van der Waals surface area (Å²) in [5.74, 6) is 0. The highest BCUT2D eigenvalue weighted by Crippen LogP contribution is 2.37. The Morgan fingerprint density at radius 3 is 1.63 bits per heavy atom. The molecule has 0 unspecified atom stereocenters. The molecule has 3 heteroatoms. The maximum Gasteiger partial charge on any atom is 0.258 e. The van der Waals surface area contributed by atoms with E-state index in [1.165, 1.54) is 33.0 Å². The largest absolute Gasteiger partial charge is 0.318 e. The Labute approximate surface area is 220 Å². The third-order valence-electron chi connectivity index (χ3n) is 7.60. The second-order valence-electron chi connectivity index (χ2n) is 9.99. The van der Waals surface area contributed by atoms with E-state index in [2.05, 4.69) is 121 Å². The molecule has 2 heterocycles. The van der Waals surface area contributed by atoms with Gasteiger partial charge >= 0.3 is 0 Å². The number of hydrogen-bond donors (Lipinski definition) is 0. The Morgan fingerprint density at radius 2 is 1.08 bits per heavy atom. The van der Waals surface area contributed by atoms with Crippen molar-refractivity contribution in [1.82, 2.24) is 9.13 Å². The molecule has 0 atom stereocenters. The minimum absolute atomic E-state index is 0.0272. The molecule has 0 aliphatic carbocycles. The maximum absolute atomic E-state index is 12.8. The third kappa shape index (κ3) is 3.47. The van der Waals surface area contributed by atoms with E-state index in [4.69, 9.17) is 0 Å². The second-order valence-corrected chi connectivity index (χ2v) is 9.99. The number of rotatable bonds is 3. The van der Waals surface area contributed by atoms with Crippen LogP contribution in [0.15, 0.2) is 126 Å². The van der Waals surface area contributed by atoms with E-state index in [0.29, 0.717) is 0 Å². The lowest BCUT2D eigenvalue weighted by molar-refractivity contribution is 0.866. The molecule has 7 rings (SSSR count). The molecule has 0 N–H and O–H groups in total. The van der Waals surface area contributed by atoms with Crippen molar-refractivity contribution >= 4 is 32.6 Å². The van der Waals surface area contributed by atoms with Crippen LogP contribution in [0.5, 0.6) is 0 Å². The molecule has 0 spiro atoms. The molecule has 3 nitrogen and oxygen atoms in total. The van der Waals surface area contributed by atoms with Crippen LogP contribution in [0.3, 0.4) is 0 Å². The monoisotopic (exact) mass is 490 g/mol. The lowest BCUT2D eigenvalue weighted by atomic mass is 10.0. The summed E-state index contributed by atoms with van der Waals surface area (Å²) >= 11 is 0. The van der Waals surface area contributed by atoms with E-state index < -0.39 is 0 Å². The van der Waals surface area contributed by atoms with Crippen LogP contribution in [-0.4, -0.2) is 9.13 Å². The van der Waals surface area contributed by atoms with Crippen LogP contribution in [0.2, 0.25) is 0 Å². The summed E-state index contributed by atoms with van der Waals surface area (Å²) in [4.78, 5) is 12.8. The fourth-order valence-electron chi connectivity index (χ4n) is 5.71. The molecule has 0 radical (unpaired) electrons. The Bertz CT molecular complexity index is 1950. The molecular weight excluding hydrogens is 464 g/mol. The highest BCUT2D eigenvalue weighted by molar-refractivity contribution is 6.11. The minimum Gasteiger partial charge on any atom is -0.318 e. The SMILES string of the molecule is Cc1cn(C)c(=O)c2ccc(-n3c4ccc(-c5ccccc5)cc4c4cc(-c5ccccc5)ccc43)cc12. The topological polar surface area (TPSA) is 26.9 Å². The first kappa shape index (κ1) is 22.3. The van der Waals surface area contributed by atoms with Crippen molar-refractivity contribution in [2.45, 2.75) is 6.92 Å². The summed E-state index contributed by atoms with van der Waals surface area (Å²) < 4.78 is 3.98.